The van der Waals surface area contributed by atoms with Gasteiger partial charge in [0.15, 0.2) is 0 Å². The highest BCUT2D eigenvalue weighted by Gasteiger charge is 2.00. The van der Waals surface area contributed by atoms with Crippen LogP contribution in [0.15, 0.2) is 10.6 Å². The van der Waals surface area contributed by atoms with E-state index in [9.17, 15) is 0 Å². The number of hydrogen-bond donors (Lipinski definition) is 1. The minimum absolute atomic E-state index is 0. The highest BCUT2D eigenvalue weighted by atomic mass is 16.4. The van der Waals surface area contributed by atoms with Crippen molar-refractivity contribution in [3.63, 3.8) is 0 Å². The molecule has 0 aliphatic heterocycles. The molecule has 1 aromatic rings. The first-order valence-corrected chi connectivity index (χ1v) is 5.38. The van der Waals surface area contributed by atoms with E-state index in [1.54, 1.807) is 6.20 Å². The number of nitrogens with one attached hydrogen (secondary N) is 1. The standard InChI is InChI=1S/C11H20N2O.H2/c1-4-9(2)6-5-7-12-11-13-8-10(3)14-11;/h8-9H,4-7H2,1-3H3,(H,12,13);1H. The summed E-state index contributed by atoms with van der Waals surface area (Å²) in [6.45, 7) is 7.37. The van der Waals surface area contributed by atoms with Crippen molar-refractivity contribution in [2.75, 3.05) is 11.9 Å². The van der Waals surface area contributed by atoms with Crippen molar-refractivity contribution in [3.8, 4) is 0 Å². The Morgan fingerprint density at radius 3 is 3.00 bits per heavy atom. The van der Waals surface area contributed by atoms with Gasteiger partial charge in [0.05, 0.1) is 6.20 Å². The molecular weight excluding hydrogens is 176 g/mol. The minimum Gasteiger partial charge on any atom is -0.429 e. The van der Waals surface area contributed by atoms with E-state index in [0.29, 0.717) is 6.01 Å². The fraction of sp³-hybridized carbons (Fsp3) is 0.727. The maximum atomic E-state index is 5.29. The van der Waals surface area contributed by atoms with E-state index < -0.39 is 0 Å². The maximum absolute atomic E-state index is 5.29. The van der Waals surface area contributed by atoms with Crippen molar-refractivity contribution in [1.29, 1.82) is 0 Å². The summed E-state index contributed by atoms with van der Waals surface area (Å²) in [6.07, 6.45) is 5.44. The Kier molecular flexibility index (Phi) is 4.50. The van der Waals surface area contributed by atoms with Gasteiger partial charge in [0.25, 0.3) is 6.01 Å². The van der Waals surface area contributed by atoms with E-state index in [-0.39, 0.29) is 1.43 Å². The van der Waals surface area contributed by atoms with Crippen LogP contribution in [0.5, 0.6) is 0 Å². The predicted octanol–water partition coefficient (Wildman–Crippen LogP) is 3.47. The van der Waals surface area contributed by atoms with Crippen molar-refractivity contribution in [2.24, 2.45) is 5.92 Å². The van der Waals surface area contributed by atoms with E-state index in [2.05, 4.69) is 24.1 Å². The molecule has 1 N–H and O–H groups in total. The molecule has 1 heterocycles. The van der Waals surface area contributed by atoms with E-state index in [0.717, 1.165) is 18.2 Å². The van der Waals surface area contributed by atoms with Crippen LogP contribution in [0.3, 0.4) is 0 Å². The molecule has 0 bridgehead atoms. The van der Waals surface area contributed by atoms with Gasteiger partial charge in [0, 0.05) is 7.97 Å². The van der Waals surface area contributed by atoms with Crippen LogP contribution >= 0.6 is 0 Å². The monoisotopic (exact) mass is 198 g/mol. The van der Waals surface area contributed by atoms with Gasteiger partial charge < -0.3 is 9.73 Å². The normalized spacial score (nSPS) is 12.8. The zero-order valence-electron chi connectivity index (χ0n) is 9.34. The van der Waals surface area contributed by atoms with Crippen LogP contribution in [0.2, 0.25) is 0 Å². The van der Waals surface area contributed by atoms with Crippen molar-refractivity contribution >= 4 is 6.01 Å². The summed E-state index contributed by atoms with van der Waals surface area (Å²) < 4.78 is 5.29. The van der Waals surface area contributed by atoms with Gasteiger partial charge in [-0.25, -0.2) is 4.98 Å². The van der Waals surface area contributed by atoms with E-state index in [1.807, 2.05) is 6.92 Å². The van der Waals surface area contributed by atoms with Gasteiger partial charge in [-0.15, -0.1) is 0 Å². The Morgan fingerprint density at radius 2 is 2.43 bits per heavy atom. The third kappa shape index (κ3) is 3.81. The first-order valence-electron chi connectivity index (χ1n) is 5.38. The van der Waals surface area contributed by atoms with Gasteiger partial charge in [-0.3, -0.25) is 0 Å². The molecule has 82 valence electrons. The Bertz CT molecular complexity index is 263. The van der Waals surface area contributed by atoms with E-state index in [4.69, 9.17) is 4.42 Å². The quantitative estimate of drug-likeness (QED) is 0.711. The number of aromatic nitrogens is 1. The topological polar surface area (TPSA) is 38.1 Å². The smallest absolute Gasteiger partial charge is 0.294 e. The van der Waals surface area contributed by atoms with Gasteiger partial charge >= 0.3 is 0 Å². The Balaban J connectivity index is 0.00000196. The van der Waals surface area contributed by atoms with Crippen LogP contribution in [-0.2, 0) is 0 Å². The van der Waals surface area contributed by atoms with Crippen LogP contribution in [0, 0.1) is 12.8 Å². The van der Waals surface area contributed by atoms with Crippen LogP contribution in [0.4, 0.5) is 6.01 Å². The minimum atomic E-state index is 0. The van der Waals surface area contributed by atoms with E-state index >= 15 is 0 Å². The molecule has 0 amide bonds. The van der Waals surface area contributed by atoms with Crippen LogP contribution in [-0.4, -0.2) is 11.5 Å². The molecule has 0 aliphatic rings. The number of anilines is 1. The summed E-state index contributed by atoms with van der Waals surface area (Å²) in [4.78, 5) is 4.07. The van der Waals surface area contributed by atoms with Gasteiger partial charge in [0.1, 0.15) is 5.76 Å². The molecule has 0 saturated heterocycles. The highest BCUT2D eigenvalue weighted by molar-refractivity contribution is 5.19. The molecule has 14 heavy (non-hydrogen) atoms. The molecule has 0 fully saturated rings. The van der Waals surface area contributed by atoms with Gasteiger partial charge in [-0.05, 0) is 25.7 Å². The van der Waals surface area contributed by atoms with Gasteiger partial charge in [-0.2, -0.15) is 0 Å². The molecule has 1 aromatic heterocycles. The highest BCUT2D eigenvalue weighted by Crippen LogP contribution is 2.10. The van der Waals surface area contributed by atoms with Crippen molar-refractivity contribution in [3.05, 3.63) is 12.0 Å². The number of nitrogens with zero attached hydrogens (tertiary/aromatic N) is 1. The van der Waals surface area contributed by atoms with Crippen LogP contribution < -0.4 is 5.32 Å². The fourth-order valence-electron chi connectivity index (χ4n) is 1.29. The largest absolute Gasteiger partial charge is 0.429 e. The fourth-order valence-corrected chi connectivity index (χ4v) is 1.29. The molecule has 0 saturated carbocycles. The second-order valence-corrected chi connectivity index (χ2v) is 3.86. The first kappa shape index (κ1) is 11.1. The van der Waals surface area contributed by atoms with Crippen LogP contribution in [0.1, 0.15) is 40.3 Å². The molecule has 3 nitrogen and oxygen atoms in total. The number of aryl methyl sites for hydroxylation is 1. The van der Waals surface area contributed by atoms with Crippen LogP contribution in [0.25, 0.3) is 0 Å². The lowest BCUT2D eigenvalue weighted by Gasteiger charge is -2.07. The molecule has 3 heteroatoms. The van der Waals surface area contributed by atoms with Gasteiger partial charge in [0.2, 0.25) is 0 Å². The molecule has 0 spiro atoms. The summed E-state index contributed by atoms with van der Waals surface area (Å²) in [5, 5.41) is 3.17. The summed E-state index contributed by atoms with van der Waals surface area (Å²) in [5.74, 6) is 1.68. The number of rotatable bonds is 6. The molecular formula is C11H22N2O. The first-order chi connectivity index (χ1) is 6.72. The third-order valence-corrected chi connectivity index (χ3v) is 2.47. The van der Waals surface area contributed by atoms with E-state index in [1.165, 1.54) is 19.3 Å². The predicted molar refractivity (Wildman–Crippen MR) is 60.5 cm³/mol. The molecule has 0 aliphatic carbocycles. The molecule has 0 radical (unpaired) electrons. The second-order valence-electron chi connectivity index (χ2n) is 3.86. The second kappa shape index (κ2) is 5.68. The lowest BCUT2D eigenvalue weighted by molar-refractivity contribution is 0.496. The summed E-state index contributed by atoms with van der Waals surface area (Å²) >= 11 is 0. The Labute approximate surface area is 87.4 Å². The number of hydrogen-bond acceptors (Lipinski definition) is 3. The summed E-state index contributed by atoms with van der Waals surface area (Å²) in [6, 6.07) is 0.645. The zero-order chi connectivity index (χ0) is 10.4. The summed E-state index contributed by atoms with van der Waals surface area (Å²) in [5.41, 5.74) is 0. The Morgan fingerprint density at radius 1 is 1.64 bits per heavy atom. The number of oxazole rings is 1. The molecule has 1 atom stereocenters. The summed E-state index contributed by atoms with van der Waals surface area (Å²) in [7, 11) is 0. The van der Waals surface area contributed by atoms with Crippen molar-refractivity contribution < 1.29 is 5.84 Å². The van der Waals surface area contributed by atoms with Crippen molar-refractivity contribution in [2.45, 2.75) is 40.0 Å². The lowest BCUT2D eigenvalue weighted by atomic mass is 10.0. The SMILES string of the molecule is CCC(C)CCCNc1ncc(C)o1.[HH]. The zero-order valence-corrected chi connectivity index (χ0v) is 9.34. The third-order valence-electron chi connectivity index (χ3n) is 2.47. The average Bonchev–Trinajstić information content (AvgIpc) is 2.58. The van der Waals surface area contributed by atoms with Gasteiger partial charge in [-0.1, -0.05) is 20.3 Å². The maximum Gasteiger partial charge on any atom is 0.294 e. The average molecular weight is 198 g/mol. The molecule has 0 aromatic carbocycles. The van der Waals surface area contributed by atoms with Crippen molar-refractivity contribution in [1.82, 2.24) is 4.98 Å². The lowest BCUT2D eigenvalue weighted by Crippen LogP contribution is -2.03. The molecule has 1 unspecified atom stereocenters. The Hall–Kier alpha value is -0.990. The molecule has 1 rings (SSSR count).